The van der Waals surface area contributed by atoms with Gasteiger partial charge in [-0.3, -0.25) is 0 Å². The van der Waals surface area contributed by atoms with Crippen LogP contribution < -0.4 is 5.73 Å². The fourth-order valence-electron chi connectivity index (χ4n) is 2.55. The van der Waals surface area contributed by atoms with E-state index in [0.717, 1.165) is 10.6 Å². The first-order valence-corrected chi connectivity index (χ1v) is 6.51. The Kier molecular flexibility index (Phi) is 2.29. The zero-order valence-corrected chi connectivity index (χ0v) is 9.81. The van der Waals surface area contributed by atoms with Gasteiger partial charge in [-0.1, -0.05) is 24.4 Å². The Morgan fingerprint density at radius 1 is 1.27 bits per heavy atom. The Bertz CT molecular complexity index is 410. The summed E-state index contributed by atoms with van der Waals surface area (Å²) in [4.78, 5) is 8.34. The molecule has 5 heteroatoms. The van der Waals surface area contributed by atoms with Crippen LogP contribution in [0.2, 0.25) is 5.15 Å². The van der Waals surface area contributed by atoms with Gasteiger partial charge in [-0.2, -0.15) is 0 Å². The zero-order chi connectivity index (χ0) is 10.4. The van der Waals surface area contributed by atoms with E-state index in [1.165, 1.54) is 25.7 Å². The number of nitrogen functional groups attached to an aromatic ring is 1. The van der Waals surface area contributed by atoms with Gasteiger partial charge in [-0.25, -0.2) is 9.97 Å². The van der Waals surface area contributed by atoms with Gasteiger partial charge in [0.15, 0.2) is 0 Å². The van der Waals surface area contributed by atoms with Gasteiger partial charge in [-0.15, -0.1) is 11.8 Å². The van der Waals surface area contributed by atoms with Gasteiger partial charge < -0.3 is 5.73 Å². The van der Waals surface area contributed by atoms with Crippen molar-refractivity contribution in [3.05, 3.63) is 10.7 Å². The Hall–Kier alpha value is -0.480. The van der Waals surface area contributed by atoms with Crippen molar-refractivity contribution in [2.45, 2.75) is 41.9 Å². The number of hydrogen-bond acceptors (Lipinski definition) is 4. The molecule has 2 N–H and O–H groups in total. The molecular formula is C10H12ClN3S. The third-order valence-electron chi connectivity index (χ3n) is 3.22. The van der Waals surface area contributed by atoms with Crippen molar-refractivity contribution < 1.29 is 0 Å². The molecular weight excluding hydrogens is 230 g/mol. The Morgan fingerprint density at radius 2 is 2.07 bits per heavy atom. The van der Waals surface area contributed by atoms with Gasteiger partial charge in [0.2, 0.25) is 5.95 Å². The number of halogens is 1. The SMILES string of the molecule is Nc1nc(Cl)c2c(n1)SC1CCCCC21. The van der Waals surface area contributed by atoms with E-state index in [0.29, 0.717) is 22.3 Å². The van der Waals surface area contributed by atoms with E-state index in [1.807, 2.05) is 11.8 Å². The fraction of sp³-hybridized carbons (Fsp3) is 0.600. The van der Waals surface area contributed by atoms with Crippen LogP contribution in [0.3, 0.4) is 0 Å². The van der Waals surface area contributed by atoms with Crippen LogP contribution in [0.25, 0.3) is 0 Å². The van der Waals surface area contributed by atoms with Crippen LogP contribution in [0.1, 0.15) is 37.2 Å². The van der Waals surface area contributed by atoms with Gasteiger partial charge in [0.1, 0.15) is 10.2 Å². The minimum Gasteiger partial charge on any atom is -0.368 e. The number of hydrogen-bond donors (Lipinski definition) is 1. The summed E-state index contributed by atoms with van der Waals surface area (Å²) in [6.45, 7) is 0. The zero-order valence-electron chi connectivity index (χ0n) is 8.24. The first-order valence-electron chi connectivity index (χ1n) is 5.25. The van der Waals surface area contributed by atoms with E-state index < -0.39 is 0 Å². The lowest BCUT2D eigenvalue weighted by atomic mass is 9.85. The summed E-state index contributed by atoms with van der Waals surface area (Å²) in [6.07, 6.45) is 5.10. The van der Waals surface area contributed by atoms with Crippen molar-refractivity contribution >= 4 is 29.3 Å². The van der Waals surface area contributed by atoms with Crippen LogP contribution in [-0.2, 0) is 0 Å². The van der Waals surface area contributed by atoms with Crippen molar-refractivity contribution in [1.82, 2.24) is 9.97 Å². The molecule has 1 aromatic rings. The van der Waals surface area contributed by atoms with Crippen LogP contribution in [0, 0.1) is 0 Å². The summed E-state index contributed by atoms with van der Waals surface area (Å²) < 4.78 is 0. The molecule has 0 bridgehead atoms. The monoisotopic (exact) mass is 241 g/mol. The van der Waals surface area contributed by atoms with Crippen LogP contribution in [0.5, 0.6) is 0 Å². The number of aromatic nitrogens is 2. The van der Waals surface area contributed by atoms with E-state index in [4.69, 9.17) is 17.3 Å². The van der Waals surface area contributed by atoms with Gasteiger partial charge in [0.05, 0.1) is 0 Å². The third kappa shape index (κ3) is 1.51. The molecule has 0 aromatic carbocycles. The van der Waals surface area contributed by atoms with Crippen molar-refractivity contribution in [1.29, 1.82) is 0 Å². The molecule has 15 heavy (non-hydrogen) atoms. The lowest BCUT2D eigenvalue weighted by Gasteiger charge is -2.24. The number of fused-ring (bicyclic) bond motifs is 3. The van der Waals surface area contributed by atoms with Crippen molar-refractivity contribution in [2.75, 3.05) is 5.73 Å². The van der Waals surface area contributed by atoms with E-state index in [9.17, 15) is 0 Å². The minimum absolute atomic E-state index is 0.296. The first kappa shape index (κ1) is 9.73. The molecule has 2 heterocycles. The highest BCUT2D eigenvalue weighted by Gasteiger charge is 2.38. The highest BCUT2D eigenvalue weighted by atomic mass is 35.5. The van der Waals surface area contributed by atoms with Crippen molar-refractivity contribution in [3.8, 4) is 0 Å². The lowest BCUT2D eigenvalue weighted by molar-refractivity contribution is 0.460. The predicted octanol–water partition coefficient (Wildman–Crippen LogP) is 2.84. The maximum absolute atomic E-state index is 6.15. The Morgan fingerprint density at radius 3 is 2.93 bits per heavy atom. The van der Waals surface area contributed by atoms with Gasteiger partial charge in [-0.05, 0) is 12.8 Å². The summed E-state index contributed by atoms with van der Waals surface area (Å²) in [5.74, 6) is 0.858. The molecule has 1 aliphatic heterocycles. The molecule has 2 aliphatic rings. The minimum atomic E-state index is 0.296. The van der Waals surface area contributed by atoms with E-state index >= 15 is 0 Å². The van der Waals surface area contributed by atoms with Crippen LogP contribution >= 0.6 is 23.4 Å². The summed E-state index contributed by atoms with van der Waals surface area (Å²) in [5, 5.41) is 2.24. The fourth-order valence-corrected chi connectivity index (χ4v) is 4.45. The lowest BCUT2D eigenvalue weighted by Crippen LogP contribution is -2.15. The molecule has 1 saturated carbocycles. The molecule has 1 aliphatic carbocycles. The normalized spacial score (nSPS) is 28.6. The third-order valence-corrected chi connectivity index (χ3v) is 4.91. The average molecular weight is 242 g/mol. The summed E-state index contributed by atoms with van der Waals surface area (Å²) in [7, 11) is 0. The molecule has 3 nitrogen and oxygen atoms in total. The molecule has 0 spiro atoms. The summed E-state index contributed by atoms with van der Waals surface area (Å²) >= 11 is 7.98. The molecule has 0 radical (unpaired) electrons. The quantitative estimate of drug-likeness (QED) is 0.710. The molecule has 0 saturated heterocycles. The number of nitrogens with zero attached hydrogens (tertiary/aromatic N) is 2. The number of thioether (sulfide) groups is 1. The summed E-state index contributed by atoms with van der Waals surface area (Å²) in [6, 6.07) is 0. The van der Waals surface area contributed by atoms with E-state index in [2.05, 4.69) is 9.97 Å². The van der Waals surface area contributed by atoms with Crippen LogP contribution in [0.4, 0.5) is 5.95 Å². The topological polar surface area (TPSA) is 51.8 Å². The van der Waals surface area contributed by atoms with Gasteiger partial charge in [0, 0.05) is 16.7 Å². The van der Waals surface area contributed by atoms with E-state index in [1.54, 1.807) is 0 Å². The largest absolute Gasteiger partial charge is 0.368 e. The number of nitrogens with two attached hydrogens (primary N) is 1. The van der Waals surface area contributed by atoms with Gasteiger partial charge in [0.25, 0.3) is 0 Å². The molecule has 2 atom stereocenters. The van der Waals surface area contributed by atoms with E-state index in [-0.39, 0.29) is 0 Å². The highest BCUT2D eigenvalue weighted by Crippen LogP contribution is 2.52. The molecule has 3 rings (SSSR count). The molecule has 1 fully saturated rings. The first-order chi connectivity index (χ1) is 7.25. The standard InChI is InChI=1S/C10H12ClN3S/c11-8-7-5-3-1-2-4-6(5)15-9(7)14-10(12)13-8/h5-6H,1-4H2,(H2,12,13,14). The van der Waals surface area contributed by atoms with Crippen molar-refractivity contribution in [2.24, 2.45) is 0 Å². The summed E-state index contributed by atoms with van der Waals surface area (Å²) in [5.41, 5.74) is 6.75. The molecule has 0 amide bonds. The molecule has 2 unspecified atom stereocenters. The average Bonchev–Trinajstić information content (AvgIpc) is 2.54. The van der Waals surface area contributed by atoms with Crippen molar-refractivity contribution in [3.63, 3.8) is 0 Å². The second kappa shape index (κ2) is 3.52. The van der Waals surface area contributed by atoms with Gasteiger partial charge >= 0.3 is 0 Å². The smallest absolute Gasteiger partial charge is 0.222 e. The number of anilines is 1. The van der Waals surface area contributed by atoms with Crippen LogP contribution in [-0.4, -0.2) is 15.2 Å². The molecule has 80 valence electrons. The highest BCUT2D eigenvalue weighted by molar-refractivity contribution is 8.00. The Balaban J connectivity index is 2.08. The second-order valence-corrected chi connectivity index (χ2v) is 5.72. The molecule has 1 aromatic heterocycles. The maximum Gasteiger partial charge on any atom is 0.222 e. The Labute approximate surface area is 97.8 Å². The number of rotatable bonds is 0. The second-order valence-electron chi connectivity index (χ2n) is 4.14. The predicted molar refractivity (Wildman–Crippen MR) is 62.3 cm³/mol. The van der Waals surface area contributed by atoms with Crippen LogP contribution in [0.15, 0.2) is 5.03 Å². The maximum atomic E-state index is 6.15.